The number of pyridine rings is 1. The number of halogens is 2. The third kappa shape index (κ3) is 2.51. The molecular weight excluding hydrogens is 169 g/mol. The molecule has 0 aliphatic carbocycles. The van der Waals surface area contributed by atoms with Crippen LogP contribution in [0, 0.1) is 11.2 Å². The second-order valence-electron chi connectivity index (χ2n) is 1.77. The maximum atomic E-state index is 12.3. The summed E-state index contributed by atoms with van der Waals surface area (Å²) in [4.78, 5) is 3.65. The first kappa shape index (κ1) is 9.84. The van der Waals surface area contributed by atoms with Crippen LogP contribution in [0.25, 0.3) is 0 Å². The minimum Gasteiger partial charge on any atom is -0.382 e. The molecule has 5 heteroatoms. The van der Waals surface area contributed by atoms with Gasteiger partial charge in [-0.1, -0.05) is 0 Å². The van der Waals surface area contributed by atoms with E-state index in [-0.39, 0.29) is 23.9 Å². The van der Waals surface area contributed by atoms with Gasteiger partial charge in [0.05, 0.1) is 0 Å². The van der Waals surface area contributed by atoms with Gasteiger partial charge >= 0.3 is 0 Å². The van der Waals surface area contributed by atoms with Gasteiger partial charge in [0.1, 0.15) is 17.3 Å². The molecular formula is C6H7ClFN3. The number of nitrogen functional groups attached to an aromatic ring is 1. The highest BCUT2D eigenvalue weighted by molar-refractivity contribution is 5.92. The first-order valence-electron chi connectivity index (χ1n) is 2.66. The Bertz CT molecular complexity index is 264. The molecule has 3 nitrogen and oxygen atoms in total. The zero-order chi connectivity index (χ0) is 7.56. The van der Waals surface area contributed by atoms with Gasteiger partial charge in [-0.05, 0) is 6.07 Å². The fourth-order valence-corrected chi connectivity index (χ4v) is 0.552. The number of hydrogen-bond donors (Lipinski definition) is 2. The average molecular weight is 176 g/mol. The van der Waals surface area contributed by atoms with E-state index < -0.39 is 5.82 Å². The normalized spacial score (nSPS) is 8.45. The van der Waals surface area contributed by atoms with E-state index in [2.05, 4.69) is 4.98 Å². The van der Waals surface area contributed by atoms with Gasteiger partial charge in [-0.2, -0.15) is 0 Å². The van der Waals surface area contributed by atoms with E-state index in [1.54, 1.807) is 0 Å². The summed E-state index contributed by atoms with van der Waals surface area (Å²) in [7, 11) is 0. The first-order chi connectivity index (χ1) is 4.70. The fraction of sp³-hybridized carbons (Fsp3) is 0. The third-order valence-electron chi connectivity index (χ3n) is 0.998. The van der Waals surface area contributed by atoms with Gasteiger partial charge in [-0.3, -0.25) is 10.4 Å². The molecule has 0 bridgehead atoms. The third-order valence-corrected chi connectivity index (χ3v) is 0.998. The molecule has 60 valence electrons. The van der Waals surface area contributed by atoms with Crippen LogP contribution in [0.3, 0.4) is 0 Å². The standard InChI is InChI=1S/C6H6FN3.ClH/c7-4-1-2-10-5(3-4)6(8)9;/h1-3H,(H3,8,9);1H. The molecule has 0 amide bonds. The van der Waals surface area contributed by atoms with Crippen molar-refractivity contribution < 1.29 is 4.39 Å². The maximum Gasteiger partial charge on any atom is 0.141 e. The van der Waals surface area contributed by atoms with Crippen molar-refractivity contribution in [2.75, 3.05) is 0 Å². The molecule has 0 unspecified atom stereocenters. The predicted octanol–water partition coefficient (Wildman–Crippen LogP) is 0.927. The summed E-state index contributed by atoms with van der Waals surface area (Å²) < 4.78 is 12.3. The Labute approximate surface area is 69.4 Å². The molecule has 11 heavy (non-hydrogen) atoms. The van der Waals surface area contributed by atoms with Crippen LogP contribution < -0.4 is 5.73 Å². The van der Waals surface area contributed by atoms with Crippen LogP contribution in [0.2, 0.25) is 0 Å². The highest BCUT2D eigenvalue weighted by Gasteiger charge is 1.97. The molecule has 0 aliphatic rings. The predicted molar refractivity (Wildman–Crippen MR) is 42.5 cm³/mol. The van der Waals surface area contributed by atoms with E-state index in [9.17, 15) is 4.39 Å². The smallest absolute Gasteiger partial charge is 0.141 e. The second kappa shape index (κ2) is 3.88. The Morgan fingerprint density at radius 1 is 1.64 bits per heavy atom. The monoisotopic (exact) mass is 175 g/mol. The highest BCUT2D eigenvalue weighted by atomic mass is 35.5. The van der Waals surface area contributed by atoms with Crippen molar-refractivity contribution in [3.63, 3.8) is 0 Å². The minimum atomic E-state index is -0.430. The number of rotatable bonds is 1. The molecule has 1 aromatic rings. The Kier molecular flexibility index (Phi) is 3.47. The van der Waals surface area contributed by atoms with Crippen LogP contribution in [0.1, 0.15) is 5.69 Å². The Balaban J connectivity index is 0.000001000. The van der Waals surface area contributed by atoms with E-state index in [4.69, 9.17) is 11.1 Å². The van der Waals surface area contributed by atoms with E-state index in [1.807, 2.05) is 0 Å². The SMILES string of the molecule is Cl.N=C(N)c1cc(F)ccn1. The lowest BCUT2D eigenvalue weighted by atomic mass is 10.3. The molecule has 0 aliphatic heterocycles. The second-order valence-corrected chi connectivity index (χ2v) is 1.77. The summed E-state index contributed by atoms with van der Waals surface area (Å²) in [6.07, 6.45) is 1.27. The quantitative estimate of drug-likeness (QED) is 0.493. The zero-order valence-electron chi connectivity index (χ0n) is 5.54. The molecule has 0 spiro atoms. The van der Waals surface area contributed by atoms with Crippen LogP contribution in [-0.2, 0) is 0 Å². The van der Waals surface area contributed by atoms with Crippen LogP contribution in [0.4, 0.5) is 4.39 Å². The van der Waals surface area contributed by atoms with Crippen LogP contribution in [-0.4, -0.2) is 10.8 Å². The van der Waals surface area contributed by atoms with Crippen molar-refractivity contribution in [2.45, 2.75) is 0 Å². The van der Waals surface area contributed by atoms with E-state index in [1.165, 1.54) is 12.3 Å². The summed E-state index contributed by atoms with van der Waals surface area (Å²) in [5.41, 5.74) is 5.20. The topological polar surface area (TPSA) is 62.8 Å². The largest absolute Gasteiger partial charge is 0.382 e. The van der Waals surface area contributed by atoms with Gasteiger partial charge in [0.25, 0.3) is 0 Å². The Morgan fingerprint density at radius 3 is 2.64 bits per heavy atom. The van der Waals surface area contributed by atoms with Gasteiger partial charge in [-0.15, -0.1) is 12.4 Å². The van der Waals surface area contributed by atoms with E-state index in [0.717, 1.165) is 6.07 Å². The summed E-state index contributed by atoms with van der Waals surface area (Å²) >= 11 is 0. The fourth-order valence-electron chi connectivity index (χ4n) is 0.552. The maximum absolute atomic E-state index is 12.3. The number of aromatic nitrogens is 1. The van der Waals surface area contributed by atoms with Crippen LogP contribution in [0.5, 0.6) is 0 Å². The molecule has 0 aromatic carbocycles. The Hall–Kier alpha value is -1.16. The zero-order valence-corrected chi connectivity index (χ0v) is 6.36. The number of amidine groups is 1. The average Bonchev–Trinajstić information content (AvgIpc) is 1.88. The molecule has 1 heterocycles. The number of hydrogen-bond acceptors (Lipinski definition) is 2. The summed E-state index contributed by atoms with van der Waals surface area (Å²) in [6.45, 7) is 0. The lowest BCUT2D eigenvalue weighted by molar-refractivity contribution is 0.625. The van der Waals surface area contributed by atoms with E-state index >= 15 is 0 Å². The molecule has 3 N–H and O–H groups in total. The van der Waals surface area contributed by atoms with Gasteiger partial charge in [0, 0.05) is 12.3 Å². The van der Waals surface area contributed by atoms with Crippen LogP contribution in [0.15, 0.2) is 18.3 Å². The molecule has 1 rings (SSSR count). The molecule has 1 aromatic heterocycles. The lowest BCUT2D eigenvalue weighted by Gasteiger charge is -1.94. The van der Waals surface area contributed by atoms with Gasteiger partial charge in [-0.25, -0.2) is 4.39 Å². The van der Waals surface area contributed by atoms with Crippen LogP contribution >= 0.6 is 12.4 Å². The number of nitrogens with two attached hydrogens (primary N) is 1. The van der Waals surface area contributed by atoms with Crippen molar-refractivity contribution in [1.82, 2.24) is 4.98 Å². The summed E-state index contributed by atoms with van der Waals surface area (Å²) in [5.74, 6) is -0.653. The van der Waals surface area contributed by atoms with Crippen molar-refractivity contribution in [1.29, 1.82) is 5.41 Å². The van der Waals surface area contributed by atoms with E-state index in [0.29, 0.717) is 0 Å². The van der Waals surface area contributed by atoms with Gasteiger partial charge in [0.15, 0.2) is 0 Å². The summed E-state index contributed by atoms with van der Waals surface area (Å²) in [5, 5.41) is 6.88. The van der Waals surface area contributed by atoms with Crippen molar-refractivity contribution in [3.05, 3.63) is 29.8 Å². The molecule has 0 saturated carbocycles. The number of nitrogens with zero attached hydrogens (tertiary/aromatic N) is 1. The van der Waals surface area contributed by atoms with Crippen molar-refractivity contribution in [2.24, 2.45) is 5.73 Å². The molecule has 0 fully saturated rings. The molecule has 0 radical (unpaired) electrons. The van der Waals surface area contributed by atoms with Crippen molar-refractivity contribution in [3.8, 4) is 0 Å². The lowest BCUT2D eigenvalue weighted by Crippen LogP contribution is -2.12. The van der Waals surface area contributed by atoms with Gasteiger partial charge < -0.3 is 5.73 Å². The molecule has 0 saturated heterocycles. The van der Waals surface area contributed by atoms with Crippen molar-refractivity contribution >= 4 is 18.2 Å². The Morgan fingerprint density at radius 2 is 2.27 bits per heavy atom. The summed E-state index contributed by atoms with van der Waals surface area (Å²) in [6, 6.07) is 2.31. The highest BCUT2D eigenvalue weighted by Crippen LogP contribution is 1.97. The number of nitrogens with one attached hydrogen (secondary N) is 1. The molecule has 0 atom stereocenters. The minimum absolute atomic E-state index is 0. The van der Waals surface area contributed by atoms with Gasteiger partial charge in [0.2, 0.25) is 0 Å². The first-order valence-corrected chi connectivity index (χ1v) is 2.66.